The minimum atomic E-state index is -0.979. The smallest absolute Gasteiger partial charge is 0.321 e. The number of hydrogen-bond donors (Lipinski definition) is 2. The average Bonchev–Trinajstić information content (AvgIpc) is 2.36. The third-order valence-electron chi connectivity index (χ3n) is 3.53. The van der Waals surface area contributed by atoms with E-state index in [1.807, 2.05) is 56.3 Å². The van der Waals surface area contributed by atoms with Crippen molar-refractivity contribution in [1.82, 2.24) is 0 Å². The number of hydrogen-bond acceptors (Lipinski definition) is 2. The average molecular weight is 243 g/mol. The number of fused-ring (bicyclic) bond motifs is 1. The molecule has 0 heterocycles. The maximum atomic E-state index is 11.1. The van der Waals surface area contributed by atoms with Crippen molar-refractivity contribution in [2.24, 2.45) is 5.73 Å². The highest BCUT2D eigenvalue weighted by atomic mass is 16.4. The van der Waals surface area contributed by atoms with Crippen molar-refractivity contribution >= 4 is 16.7 Å². The summed E-state index contributed by atoms with van der Waals surface area (Å²) in [5.74, 6) is -0.979. The third kappa shape index (κ3) is 1.97. The van der Waals surface area contributed by atoms with Gasteiger partial charge in [0, 0.05) is 5.41 Å². The summed E-state index contributed by atoms with van der Waals surface area (Å²) >= 11 is 0. The first-order valence-corrected chi connectivity index (χ1v) is 5.91. The molecule has 3 heteroatoms. The second-order valence-electron chi connectivity index (χ2n) is 5.06. The van der Waals surface area contributed by atoms with E-state index >= 15 is 0 Å². The van der Waals surface area contributed by atoms with Crippen LogP contribution in [0.4, 0.5) is 0 Å². The van der Waals surface area contributed by atoms with Crippen molar-refractivity contribution in [1.29, 1.82) is 0 Å². The predicted octanol–water partition coefficient (Wildman–Crippen LogP) is 2.53. The summed E-state index contributed by atoms with van der Waals surface area (Å²) in [4.78, 5) is 11.1. The van der Waals surface area contributed by atoms with Crippen molar-refractivity contribution in [3.05, 3.63) is 48.0 Å². The summed E-state index contributed by atoms with van der Waals surface area (Å²) in [7, 11) is 0. The fourth-order valence-electron chi connectivity index (χ4n) is 2.26. The molecule has 94 valence electrons. The number of rotatable bonds is 3. The van der Waals surface area contributed by atoms with Gasteiger partial charge in [0.15, 0.2) is 0 Å². The van der Waals surface area contributed by atoms with Crippen LogP contribution in [0.25, 0.3) is 10.8 Å². The van der Waals surface area contributed by atoms with E-state index in [4.69, 9.17) is 10.8 Å². The monoisotopic (exact) mass is 243 g/mol. The Hall–Kier alpha value is -1.87. The zero-order valence-electron chi connectivity index (χ0n) is 10.6. The largest absolute Gasteiger partial charge is 0.480 e. The Balaban J connectivity index is 2.64. The van der Waals surface area contributed by atoms with Crippen LogP contribution in [0.2, 0.25) is 0 Å². The Bertz CT molecular complexity index is 585. The van der Waals surface area contributed by atoms with Gasteiger partial charge in [0.1, 0.15) is 6.04 Å². The Morgan fingerprint density at radius 2 is 1.78 bits per heavy atom. The lowest BCUT2D eigenvalue weighted by Gasteiger charge is -2.30. The summed E-state index contributed by atoms with van der Waals surface area (Å²) in [6.45, 7) is 3.74. The first-order chi connectivity index (χ1) is 8.44. The summed E-state index contributed by atoms with van der Waals surface area (Å²) in [6.07, 6.45) is 0. The number of benzene rings is 2. The maximum Gasteiger partial charge on any atom is 0.321 e. The molecule has 3 N–H and O–H groups in total. The predicted molar refractivity (Wildman–Crippen MR) is 72.6 cm³/mol. The molecule has 0 saturated carbocycles. The molecule has 0 saturated heterocycles. The lowest BCUT2D eigenvalue weighted by Crippen LogP contribution is -2.46. The molecule has 0 aliphatic carbocycles. The van der Waals surface area contributed by atoms with E-state index in [-0.39, 0.29) is 0 Å². The van der Waals surface area contributed by atoms with Crippen LogP contribution in [-0.2, 0) is 10.2 Å². The second kappa shape index (κ2) is 4.42. The highest BCUT2D eigenvalue weighted by Gasteiger charge is 2.34. The molecule has 0 bridgehead atoms. The van der Waals surface area contributed by atoms with E-state index < -0.39 is 17.4 Å². The summed E-state index contributed by atoms with van der Waals surface area (Å²) < 4.78 is 0. The standard InChI is InChI=1S/C15H17NO2/c1-15(2,13(16)14(17)18)12-9-5-7-10-6-3-4-8-11(10)12/h3-9,13H,16H2,1-2H3,(H,17,18). The highest BCUT2D eigenvalue weighted by Crippen LogP contribution is 2.32. The van der Waals surface area contributed by atoms with Crippen LogP contribution in [0.1, 0.15) is 19.4 Å². The van der Waals surface area contributed by atoms with Gasteiger partial charge in [0.05, 0.1) is 0 Å². The zero-order valence-corrected chi connectivity index (χ0v) is 10.6. The van der Waals surface area contributed by atoms with Gasteiger partial charge in [-0.25, -0.2) is 0 Å². The molecule has 0 aliphatic heterocycles. The fraction of sp³-hybridized carbons (Fsp3) is 0.267. The van der Waals surface area contributed by atoms with E-state index in [2.05, 4.69) is 0 Å². The lowest BCUT2D eigenvalue weighted by molar-refractivity contribution is -0.140. The number of carboxylic acid groups (broad SMARTS) is 1. The molecule has 0 radical (unpaired) electrons. The van der Waals surface area contributed by atoms with Crippen LogP contribution >= 0.6 is 0 Å². The molecule has 1 atom stereocenters. The van der Waals surface area contributed by atoms with Crippen LogP contribution in [0.5, 0.6) is 0 Å². The van der Waals surface area contributed by atoms with Crippen molar-refractivity contribution in [3.8, 4) is 0 Å². The minimum Gasteiger partial charge on any atom is -0.480 e. The molecule has 0 aliphatic rings. The Kier molecular flexibility index (Phi) is 3.09. The molecule has 0 fully saturated rings. The van der Waals surface area contributed by atoms with Crippen LogP contribution < -0.4 is 5.73 Å². The lowest BCUT2D eigenvalue weighted by atomic mass is 9.76. The van der Waals surface area contributed by atoms with E-state index in [0.29, 0.717) is 0 Å². The Labute approximate surface area is 106 Å². The minimum absolute atomic E-state index is 0.618. The quantitative estimate of drug-likeness (QED) is 0.870. The van der Waals surface area contributed by atoms with Gasteiger partial charge in [-0.2, -0.15) is 0 Å². The normalized spacial score (nSPS) is 13.5. The van der Waals surface area contributed by atoms with Crippen molar-refractivity contribution in [2.75, 3.05) is 0 Å². The third-order valence-corrected chi connectivity index (χ3v) is 3.53. The van der Waals surface area contributed by atoms with Crippen molar-refractivity contribution in [2.45, 2.75) is 25.3 Å². The van der Waals surface area contributed by atoms with E-state index in [9.17, 15) is 4.79 Å². The molecule has 2 aromatic rings. The number of carboxylic acids is 1. The summed E-state index contributed by atoms with van der Waals surface area (Å²) in [6, 6.07) is 12.9. The van der Waals surface area contributed by atoms with Gasteiger partial charge < -0.3 is 10.8 Å². The van der Waals surface area contributed by atoms with Gasteiger partial charge in [0.25, 0.3) is 0 Å². The molecule has 18 heavy (non-hydrogen) atoms. The Morgan fingerprint density at radius 1 is 1.17 bits per heavy atom. The summed E-state index contributed by atoms with van der Waals surface area (Å²) in [5.41, 5.74) is 6.17. The Morgan fingerprint density at radius 3 is 2.44 bits per heavy atom. The van der Waals surface area contributed by atoms with Gasteiger partial charge in [-0.15, -0.1) is 0 Å². The van der Waals surface area contributed by atoms with Gasteiger partial charge in [-0.3, -0.25) is 4.79 Å². The van der Waals surface area contributed by atoms with Gasteiger partial charge in [-0.1, -0.05) is 56.3 Å². The van der Waals surface area contributed by atoms with Crippen molar-refractivity contribution in [3.63, 3.8) is 0 Å². The molecule has 0 spiro atoms. The fourth-order valence-corrected chi connectivity index (χ4v) is 2.26. The van der Waals surface area contributed by atoms with Gasteiger partial charge >= 0.3 is 5.97 Å². The van der Waals surface area contributed by atoms with Crippen LogP contribution in [0.3, 0.4) is 0 Å². The molecule has 2 aromatic carbocycles. The van der Waals surface area contributed by atoms with E-state index in [1.165, 1.54) is 0 Å². The SMILES string of the molecule is CC(C)(c1cccc2ccccc12)C(N)C(=O)O. The van der Waals surface area contributed by atoms with Crippen LogP contribution in [-0.4, -0.2) is 17.1 Å². The first-order valence-electron chi connectivity index (χ1n) is 5.91. The zero-order chi connectivity index (χ0) is 13.3. The first kappa shape index (κ1) is 12.6. The molecule has 3 nitrogen and oxygen atoms in total. The molecule has 2 rings (SSSR count). The highest BCUT2D eigenvalue weighted by molar-refractivity contribution is 5.88. The van der Waals surface area contributed by atoms with Gasteiger partial charge in [-0.05, 0) is 16.3 Å². The van der Waals surface area contributed by atoms with E-state index in [0.717, 1.165) is 16.3 Å². The van der Waals surface area contributed by atoms with Crippen LogP contribution in [0.15, 0.2) is 42.5 Å². The molecular weight excluding hydrogens is 226 g/mol. The maximum absolute atomic E-state index is 11.1. The van der Waals surface area contributed by atoms with Gasteiger partial charge in [0.2, 0.25) is 0 Å². The molecule has 1 unspecified atom stereocenters. The summed E-state index contributed by atoms with van der Waals surface area (Å²) in [5, 5.41) is 11.3. The molecule has 0 aromatic heterocycles. The van der Waals surface area contributed by atoms with Crippen LogP contribution in [0, 0.1) is 0 Å². The topological polar surface area (TPSA) is 63.3 Å². The number of nitrogens with two attached hydrogens (primary N) is 1. The second-order valence-corrected chi connectivity index (χ2v) is 5.06. The molecular formula is C15H17NO2. The van der Waals surface area contributed by atoms with Crippen molar-refractivity contribution < 1.29 is 9.90 Å². The number of carbonyl (C=O) groups is 1. The number of aliphatic carboxylic acids is 1. The van der Waals surface area contributed by atoms with E-state index in [1.54, 1.807) is 0 Å². The molecule has 0 amide bonds.